The number of aromatic hydroxyl groups is 1. The summed E-state index contributed by atoms with van der Waals surface area (Å²) in [5.74, 6) is -2.20. The van der Waals surface area contributed by atoms with Gasteiger partial charge in [0.15, 0.2) is 5.78 Å². The Morgan fingerprint density at radius 2 is 1.67 bits per heavy atom. The molecule has 9 heteroatoms. The van der Waals surface area contributed by atoms with E-state index < -0.39 is 37.7 Å². The average molecular weight is 489 g/mol. The molecule has 0 spiro atoms. The van der Waals surface area contributed by atoms with E-state index in [9.17, 15) is 23.1 Å². The lowest BCUT2D eigenvalue weighted by molar-refractivity contribution is 0.0693. The monoisotopic (exact) mass is 488 g/mol. The van der Waals surface area contributed by atoms with Crippen LogP contribution in [-0.4, -0.2) is 30.4 Å². The van der Waals surface area contributed by atoms with Crippen molar-refractivity contribution in [1.29, 1.82) is 0 Å². The van der Waals surface area contributed by atoms with Crippen molar-refractivity contribution in [3.8, 4) is 11.5 Å². The molecule has 7 nitrogen and oxygen atoms in total. The van der Waals surface area contributed by atoms with Crippen LogP contribution in [0.25, 0.3) is 0 Å². The van der Waals surface area contributed by atoms with Crippen molar-refractivity contribution in [2.24, 2.45) is 0 Å². The number of ketones is 1. The van der Waals surface area contributed by atoms with Crippen LogP contribution in [0.5, 0.6) is 11.5 Å². The maximum atomic E-state index is 13.1. The Morgan fingerprint density at radius 3 is 2.18 bits per heavy atom. The molecule has 1 aromatic heterocycles. The van der Waals surface area contributed by atoms with Gasteiger partial charge in [-0.2, -0.15) is 8.42 Å². The predicted molar refractivity (Wildman–Crippen MR) is 125 cm³/mol. The van der Waals surface area contributed by atoms with Gasteiger partial charge in [-0.15, -0.1) is 11.3 Å². The Labute approximate surface area is 196 Å². The number of carbonyl (C=O) groups excluding carboxylic acids is 1. The number of hydrogen-bond donors (Lipinski definition) is 2. The number of carboxylic acid groups (broad SMARTS) is 1. The summed E-state index contributed by atoms with van der Waals surface area (Å²) in [7, 11) is -4.39. The molecule has 0 radical (unpaired) electrons. The molecule has 0 fully saturated rings. The Kier molecular flexibility index (Phi) is 6.41. The third-order valence-corrected chi connectivity index (χ3v) is 7.51. The van der Waals surface area contributed by atoms with Crippen LogP contribution in [-0.2, 0) is 15.5 Å². The minimum Gasteiger partial charge on any atom is -0.507 e. The second-order valence-corrected chi connectivity index (χ2v) is 11.3. The van der Waals surface area contributed by atoms with Crippen LogP contribution < -0.4 is 4.18 Å². The molecule has 0 aliphatic rings. The van der Waals surface area contributed by atoms with E-state index in [0.29, 0.717) is 16.7 Å². The summed E-state index contributed by atoms with van der Waals surface area (Å²) in [6.07, 6.45) is 0. The van der Waals surface area contributed by atoms with Gasteiger partial charge in [0.2, 0.25) is 0 Å². The lowest BCUT2D eigenvalue weighted by Crippen LogP contribution is -2.18. The fourth-order valence-corrected chi connectivity index (χ4v) is 5.07. The van der Waals surface area contributed by atoms with E-state index in [4.69, 9.17) is 9.29 Å². The predicted octanol–water partition coefficient (Wildman–Crippen LogP) is 5.06. The largest absolute Gasteiger partial charge is 0.507 e. The summed E-state index contributed by atoms with van der Waals surface area (Å²) in [5.41, 5.74) is 1.45. The van der Waals surface area contributed by atoms with Crippen molar-refractivity contribution >= 4 is 33.2 Å². The molecule has 0 atom stereocenters. The second kappa shape index (κ2) is 8.64. The normalized spacial score (nSPS) is 11.9. The van der Waals surface area contributed by atoms with Gasteiger partial charge in [-0.25, -0.2) is 4.79 Å². The minimum atomic E-state index is -4.39. The molecule has 3 aromatic rings. The highest BCUT2D eigenvalue weighted by atomic mass is 32.2. The minimum absolute atomic E-state index is 0.0408. The molecule has 2 aromatic carbocycles. The first-order valence-corrected chi connectivity index (χ1v) is 12.3. The number of thiophene rings is 1. The molecule has 0 amide bonds. The first-order chi connectivity index (χ1) is 15.2. The van der Waals surface area contributed by atoms with Gasteiger partial charge in [-0.1, -0.05) is 20.8 Å². The maximum Gasteiger partial charge on any atom is 0.339 e. The van der Waals surface area contributed by atoms with Gasteiger partial charge in [0.25, 0.3) is 0 Å². The zero-order valence-corrected chi connectivity index (χ0v) is 20.4. The maximum absolute atomic E-state index is 13.1. The molecule has 0 aliphatic carbocycles. The first kappa shape index (κ1) is 24.5. The molecule has 0 saturated heterocycles. The Bertz CT molecular complexity index is 1360. The number of aryl methyl sites for hydroxylation is 1. The van der Waals surface area contributed by atoms with Gasteiger partial charge < -0.3 is 14.4 Å². The highest BCUT2D eigenvalue weighted by molar-refractivity contribution is 7.87. The van der Waals surface area contributed by atoms with Gasteiger partial charge >= 0.3 is 16.1 Å². The molecule has 0 bridgehead atoms. The van der Waals surface area contributed by atoms with E-state index in [0.717, 1.165) is 28.6 Å². The molecular weight excluding hydrogens is 464 g/mol. The van der Waals surface area contributed by atoms with Crippen molar-refractivity contribution in [2.45, 2.75) is 44.9 Å². The third kappa shape index (κ3) is 4.94. The molecule has 3 rings (SSSR count). The first-order valence-electron chi connectivity index (χ1n) is 9.97. The van der Waals surface area contributed by atoms with E-state index in [1.54, 1.807) is 6.07 Å². The summed E-state index contributed by atoms with van der Waals surface area (Å²) in [5, 5.41) is 20.7. The number of rotatable bonds is 6. The molecule has 1 heterocycles. The molecular formula is C24H24O7S2. The van der Waals surface area contributed by atoms with Crippen LogP contribution in [0, 0.1) is 13.8 Å². The van der Waals surface area contributed by atoms with Crippen LogP contribution in [0.2, 0.25) is 0 Å². The van der Waals surface area contributed by atoms with E-state index >= 15 is 0 Å². The number of aromatic carboxylic acids is 1. The van der Waals surface area contributed by atoms with Crippen molar-refractivity contribution in [3.63, 3.8) is 0 Å². The van der Waals surface area contributed by atoms with E-state index in [1.807, 2.05) is 40.0 Å². The Hall–Kier alpha value is -3.17. The summed E-state index contributed by atoms with van der Waals surface area (Å²) < 4.78 is 31.1. The number of hydrogen-bond acceptors (Lipinski definition) is 7. The molecule has 33 heavy (non-hydrogen) atoms. The van der Waals surface area contributed by atoms with Crippen LogP contribution >= 0.6 is 11.3 Å². The Balaban J connectivity index is 2.03. The molecule has 2 N–H and O–H groups in total. The lowest BCUT2D eigenvalue weighted by Gasteiger charge is -2.23. The second-order valence-electron chi connectivity index (χ2n) is 8.64. The van der Waals surface area contributed by atoms with Gasteiger partial charge in [0, 0.05) is 33.0 Å². The average Bonchev–Trinajstić information content (AvgIpc) is 3.04. The Morgan fingerprint density at radius 1 is 1.00 bits per heavy atom. The quantitative estimate of drug-likeness (QED) is 0.367. The number of carboxylic acids is 1. The highest BCUT2D eigenvalue weighted by Gasteiger charge is 2.27. The summed E-state index contributed by atoms with van der Waals surface area (Å²) >= 11 is 1.49. The fraction of sp³-hybridized carbons (Fsp3) is 0.250. The highest BCUT2D eigenvalue weighted by Crippen LogP contribution is 2.35. The van der Waals surface area contributed by atoms with Crippen LogP contribution in [0.1, 0.15) is 63.1 Å². The number of benzene rings is 2. The molecule has 0 saturated carbocycles. The smallest absolute Gasteiger partial charge is 0.339 e. The van der Waals surface area contributed by atoms with Gasteiger partial charge in [0.05, 0.1) is 0 Å². The summed E-state index contributed by atoms with van der Waals surface area (Å²) in [4.78, 5) is 24.8. The summed E-state index contributed by atoms with van der Waals surface area (Å²) in [6, 6.07) is 7.45. The SMILES string of the molecule is Cc1scc(C(=O)c2ccc(OS(=O)(=O)c3ccc(C(=O)O)c(O)c3)c(C(C)(C)C)c2)c1C. The van der Waals surface area contributed by atoms with E-state index in [1.165, 1.54) is 23.5 Å². The van der Waals surface area contributed by atoms with Crippen LogP contribution in [0.4, 0.5) is 0 Å². The standard InChI is InChI=1S/C24H24O7S2/c1-13-14(2)32-12-18(13)22(26)15-6-9-21(19(10-15)24(3,4)5)31-33(29,30)16-7-8-17(23(27)28)20(25)11-16/h6-12,25H,1-5H3,(H,27,28). The van der Waals surface area contributed by atoms with Gasteiger partial charge in [-0.05, 0) is 55.2 Å². The summed E-state index contributed by atoms with van der Waals surface area (Å²) in [6.45, 7) is 9.43. The van der Waals surface area contributed by atoms with Gasteiger partial charge in [-0.3, -0.25) is 4.79 Å². The van der Waals surface area contributed by atoms with E-state index in [2.05, 4.69) is 0 Å². The van der Waals surface area contributed by atoms with Crippen LogP contribution in [0.15, 0.2) is 46.7 Å². The van der Waals surface area contributed by atoms with E-state index in [-0.39, 0.29) is 11.5 Å². The van der Waals surface area contributed by atoms with Crippen molar-refractivity contribution < 1.29 is 32.4 Å². The fourth-order valence-electron chi connectivity index (χ4n) is 3.24. The van der Waals surface area contributed by atoms with Crippen molar-refractivity contribution in [3.05, 3.63) is 74.5 Å². The van der Waals surface area contributed by atoms with Gasteiger partial charge in [0.1, 0.15) is 22.0 Å². The molecule has 0 aliphatic heterocycles. The zero-order chi connectivity index (χ0) is 24.7. The zero-order valence-electron chi connectivity index (χ0n) is 18.8. The molecule has 0 unspecified atom stereocenters. The van der Waals surface area contributed by atoms with Crippen LogP contribution in [0.3, 0.4) is 0 Å². The number of carbonyl (C=O) groups is 2. The third-order valence-electron chi connectivity index (χ3n) is 5.27. The number of phenols is 1. The topological polar surface area (TPSA) is 118 Å². The van der Waals surface area contributed by atoms with Crippen molar-refractivity contribution in [2.75, 3.05) is 0 Å². The van der Waals surface area contributed by atoms with Crippen molar-refractivity contribution in [1.82, 2.24) is 0 Å². The molecule has 174 valence electrons. The lowest BCUT2D eigenvalue weighted by atomic mass is 9.84.